The predicted octanol–water partition coefficient (Wildman–Crippen LogP) is 1.20. The Balaban J connectivity index is 2.46. The number of amides is 1. The molecule has 2 N–H and O–H groups in total. The van der Waals surface area contributed by atoms with Crippen molar-refractivity contribution in [1.29, 1.82) is 0 Å². The summed E-state index contributed by atoms with van der Waals surface area (Å²) in [6.45, 7) is -0.352. The molecule has 0 aliphatic carbocycles. The minimum atomic E-state index is -0.414. The average Bonchev–Trinajstić information content (AvgIpc) is 2.17. The number of anilines is 1. The Morgan fingerprint density at radius 1 is 1.43 bits per heavy atom. The lowest BCUT2D eigenvalue weighted by atomic mass is 10.0. The first-order chi connectivity index (χ1) is 6.70. The summed E-state index contributed by atoms with van der Waals surface area (Å²) in [6, 6.07) is 2.86. The smallest absolute Gasteiger partial charge is 0.224 e. The molecule has 2 rings (SSSR count). The third kappa shape index (κ3) is 1.48. The molecule has 0 atom stereocenters. The molecule has 1 aromatic carbocycles. The van der Waals surface area contributed by atoms with Crippen molar-refractivity contribution in [3.8, 4) is 0 Å². The zero-order valence-electron chi connectivity index (χ0n) is 7.51. The molecule has 0 bridgehead atoms. The largest absolute Gasteiger partial charge is 0.392 e. The summed E-state index contributed by atoms with van der Waals surface area (Å²) in [5.74, 6) is -0.476. The molecule has 0 saturated carbocycles. The Kier molecular flexibility index (Phi) is 2.21. The maximum atomic E-state index is 13.2. The van der Waals surface area contributed by atoms with Crippen molar-refractivity contribution >= 4 is 11.6 Å². The summed E-state index contributed by atoms with van der Waals surface area (Å²) in [7, 11) is 0. The van der Waals surface area contributed by atoms with Crippen molar-refractivity contribution in [2.75, 3.05) is 5.32 Å². The summed E-state index contributed by atoms with van der Waals surface area (Å²) in [6.07, 6.45) is 0.953. The first-order valence-electron chi connectivity index (χ1n) is 4.42. The minimum Gasteiger partial charge on any atom is -0.392 e. The van der Waals surface area contributed by atoms with E-state index < -0.39 is 5.82 Å². The Morgan fingerprint density at radius 2 is 2.21 bits per heavy atom. The van der Waals surface area contributed by atoms with Crippen molar-refractivity contribution in [2.24, 2.45) is 0 Å². The number of hydrogen-bond donors (Lipinski definition) is 2. The van der Waals surface area contributed by atoms with Gasteiger partial charge in [-0.3, -0.25) is 4.79 Å². The van der Waals surface area contributed by atoms with Gasteiger partial charge in [-0.25, -0.2) is 4.39 Å². The van der Waals surface area contributed by atoms with E-state index in [1.54, 1.807) is 0 Å². The topological polar surface area (TPSA) is 49.3 Å². The Morgan fingerprint density at radius 3 is 2.93 bits per heavy atom. The summed E-state index contributed by atoms with van der Waals surface area (Å²) in [4.78, 5) is 11.0. The molecule has 0 spiro atoms. The third-order valence-electron chi connectivity index (χ3n) is 2.34. The van der Waals surface area contributed by atoms with Crippen LogP contribution in [-0.2, 0) is 17.8 Å². The number of benzene rings is 1. The highest BCUT2D eigenvalue weighted by molar-refractivity contribution is 5.93. The van der Waals surface area contributed by atoms with Gasteiger partial charge in [0.1, 0.15) is 5.82 Å². The quantitative estimate of drug-likeness (QED) is 0.707. The second-order valence-corrected chi connectivity index (χ2v) is 3.31. The Bertz CT molecular complexity index is 390. The number of nitrogens with one attached hydrogen (secondary N) is 1. The molecule has 0 aromatic heterocycles. The number of carbonyl (C=O) groups is 1. The molecule has 74 valence electrons. The highest BCUT2D eigenvalue weighted by Crippen LogP contribution is 2.25. The fourth-order valence-corrected chi connectivity index (χ4v) is 1.56. The van der Waals surface area contributed by atoms with Gasteiger partial charge >= 0.3 is 0 Å². The van der Waals surface area contributed by atoms with E-state index in [4.69, 9.17) is 5.11 Å². The summed E-state index contributed by atoms with van der Waals surface area (Å²) >= 11 is 0. The van der Waals surface area contributed by atoms with Crippen LogP contribution in [0.1, 0.15) is 17.5 Å². The van der Waals surface area contributed by atoms with Gasteiger partial charge in [0.25, 0.3) is 0 Å². The number of hydrogen-bond acceptors (Lipinski definition) is 2. The number of fused-ring (bicyclic) bond motifs is 1. The second kappa shape index (κ2) is 3.38. The van der Waals surface area contributed by atoms with Gasteiger partial charge in [0, 0.05) is 17.7 Å². The van der Waals surface area contributed by atoms with Gasteiger partial charge in [-0.2, -0.15) is 0 Å². The first-order valence-corrected chi connectivity index (χ1v) is 4.42. The van der Waals surface area contributed by atoms with Gasteiger partial charge in [-0.15, -0.1) is 0 Å². The zero-order valence-corrected chi connectivity index (χ0v) is 7.51. The van der Waals surface area contributed by atoms with Gasteiger partial charge < -0.3 is 10.4 Å². The lowest BCUT2D eigenvalue weighted by molar-refractivity contribution is -0.116. The molecule has 0 radical (unpaired) electrons. The number of aliphatic hydroxyl groups is 1. The minimum absolute atomic E-state index is 0.0620. The van der Waals surface area contributed by atoms with Crippen LogP contribution in [0.4, 0.5) is 10.1 Å². The summed E-state index contributed by atoms with van der Waals surface area (Å²) in [5, 5.41) is 11.5. The van der Waals surface area contributed by atoms with E-state index in [1.165, 1.54) is 12.1 Å². The van der Waals surface area contributed by atoms with Crippen molar-refractivity contribution in [2.45, 2.75) is 19.4 Å². The molecule has 1 amide bonds. The fourth-order valence-electron chi connectivity index (χ4n) is 1.56. The zero-order chi connectivity index (χ0) is 10.1. The monoisotopic (exact) mass is 195 g/mol. The standard InChI is InChI=1S/C10H10FNO2/c11-8-3-6-1-2-10(14)12-9(6)4-7(8)5-13/h3-4,13H,1-2,5H2,(H,12,14). The predicted molar refractivity (Wildman–Crippen MR) is 49.3 cm³/mol. The number of rotatable bonds is 1. The Hall–Kier alpha value is -1.42. The van der Waals surface area contributed by atoms with Gasteiger partial charge in [0.2, 0.25) is 5.91 Å². The van der Waals surface area contributed by atoms with Crippen LogP contribution in [0, 0.1) is 5.82 Å². The molecule has 1 heterocycles. The van der Waals surface area contributed by atoms with E-state index in [2.05, 4.69) is 5.32 Å². The molecule has 0 fully saturated rings. The van der Waals surface area contributed by atoms with E-state index >= 15 is 0 Å². The molecule has 0 saturated heterocycles. The SMILES string of the molecule is O=C1CCc2cc(F)c(CO)cc2N1. The van der Waals surface area contributed by atoms with E-state index in [0.29, 0.717) is 18.5 Å². The van der Waals surface area contributed by atoms with E-state index in [1.807, 2.05) is 0 Å². The highest BCUT2D eigenvalue weighted by atomic mass is 19.1. The lowest BCUT2D eigenvalue weighted by Crippen LogP contribution is -2.19. The van der Waals surface area contributed by atoms with Crippen molar-refractivity contribution in [3.63, 3.8) is 0 Å². The second-order valence-electron chi connectivity index (χ2n) is 3.31. The molecule has 1 aliphatic rings. The molecule has 3 nitrogen and oxygen atoms in total. The molecule has 0 unspecified atom stereocenters. The average molecular weight is 195 g/mol. The maximum Gasteiger partial charge on any atom is 0.224 e. The van der Waals surface area contributed by atoms with Crippen LogP contribution in [0.25, 0.3) is 0 Å². The van der Waals surface area contributed by atoms with Crippen molar-refractivity contribution in [3.05, 3.63) is 29.1 Å². The fraction of sp³-hybridized carbons (Fsp3) is 0.300. The molecular formula is C10H10FNO2. The summed E-state index contributed by atoms with van der Waals surface area (Å²) < 4.78 is 13.2. The van der Waals surface area contributed by atoms with Crippen LogP contribution in [0.5, 0.6) is 0 Å². The number of carbonyl (C=O) groups excluding carboxylic acids is 1. The third-order valence-corrected chi connectivity index (χ3v) is 2.34. The van der Waals surface area contributed by atoms with Gasteiger partial charge in [-0.1, -0.05) is 0 Å². The number of halogens is 1. The summed E-state index contributed by atoms with van der Waals surface area (Å²) in [5.41, 5.74) is 1.62. The molecular weight excluding hydrogens is 185 g/mol. The van der Waals surface area contributed by atoms with Crippen LogP contribution in [-0.4, -0.2) is 11.0 Å². The molecule has 1 aliphatic heterocycles. The van der Waals surface area contributed by atoms with Crippen LogP contribution < -0.4 is 5.32 Å². The van der Waals surface area contributed by atoms with Crippen molar-refractivity contribution in [1.82, 2.24) is 0 Å². The van der Waals surface area contributed by atoms with Crippen LogP contribution in [0.15, 0.2) is 12.1 Å². The first kappa shape index (κ1) is 9.15. The van der Waals surface area contributed by atoms with Gasteiger partial charge in [0.05, 0.1) is 6.61 Å². The number of aryl methyl sites for hydroxylation is 1. The highest BCUT2D eigenvalue weighted by Gasteiger charge is 2.16. The van der Waals surface area contributed by atoms with Crippen molar-refractivity contribution < 1.29 is 14.3 Å². The number of aliphatic hydroxyl groups excluding tert-OH is 1. The van der Waals surface area contributed by atoms with E-state index in [9.17, 15) is 9.18 Å². The lowest BCUT2D eigenvalue weighted by Gasteiger charge is -2.17. The van der Waals surface area contributed by atoms with Gasteiger partial charge in [-0.05, 0) is 24.1 Å². The molecule has 4 heteroatoms. The van der Waals surface area contributed by atoms with Crippen LogP contribution in [0.3, 0.4) is 0 Å². The molecule has 1 aromatic rings. The van der Waals surface area contributed by atoms with E-state index in [-0.39, 0.29) is 18.1 Å². The maximum absolute atomic E-state index is 13.2. The van der Waals surface area contributed by atoms with Gasteiger partial charge in [0.15, 0.2) is 0 Å². The molecule has 14 heavy (non-hydrogen) atoms. The van der Waals surface area contributed by atoms with E-state index in [0.717, 1.165) is 5.56 Å². The van der Waals surface area contributed by atoms with Crippen LogP contribution >= 0.6 is 0 Å². The Labute approximate surface area is 80.6 Å². The van der Waals surface area contributed by atoms with Crippen LogP contribution in [0.2, 0.25) is 0 Å². The normalized spacial score (nSPS) is 14.9.